The zero-order valence-corrected chi connectivity index (χ0v) is 9.52. The molecule has 0 aliphatic carbocycles. The molecule has 0 radical (unpaired) electrons. The van der Waals surface area contributed by atoms with Gasteiger partial charge in [-0.15, -0.1) is 0 Å². The molecule has 7 nitrogen and oxygen atoms in total. The van der Waals surface area contributed by atoms with Gasteiger partial charge in [0.2, 0.25) is 0 Å². The number of aliphatic hydroxyl groups excluding tert-OH is 4. The summed E-state index contributed by atoms with van der Waals surface area (Å²) in [6, 6.07) is 0. The highest BCUT2D eigenvalue weighted by molar-refractivity contribution is 5.08. The Hall–Kier alpha value is -0.700. The minimum absolute atomic E-state index is 0.264. The Morgan fingerprint density at radius 2 is 2.18 bits per heavy atom. The summed E-state index contributed by atoms with van der Waals surface area (Å²) in [5, 5.41) is 40.3. The topological polar surface area (TPSA) is 105 Å². The molecule has 0 bridgehead atoms. The van der Waals surface area contributed by atoms with Gasteiger partial charge in [-0.2, -0.15) is 0 Å². The van der Waals surface area contributed by atoms with E-state index in [4.69, 9.17) is 9.84 Å². The number of ether oxygens (including phenoxy) is 1. The predicted molar refractivity (Wildman–Crippen MR) is 57.1 cm³/mol. The first-order valence-electron chi connectivity index (χ1n) is 5.55. The van der Waals surface area contributed by atoms with Crippen LogP contribution in [-0.4, -0.2) is 62.9 Å². The lowest BCUT2D eigenvalue weighted by molar-refractivity contribution is -0.138. The van der Waals surface area contributed by atoms with E-state index in [2.05, 4.69) is 5.32 Å². The first-order chi connectivity index (χ1) is 8.02. The molecule has 0 amide bonds. The van der Waals surface area contributed by atoms with E-state index in [-0.39, 0.29) is 6.61 Å². The van der Waals surface area contributed by atoms with Crippen molar-refractivity contribution in [2.75, 3.05) is 6.61 Å². The third kappa shape index (κ3) is 2.44. The van der Waals surface area contributed by atoms with E-state index in [1.54, 1.807) is 13.1 Å². The number of hydrogen-bond donors (Lipinski definition) is 5. The largest absolute Gasteiger partial charge is 0.394 e. The Balaban J connectivity index is 2.08. The van der Waals surface area contributed by atoms with Crippen molar-refractivity contribution in [1.29, 1.82) is 0 Å². The zero-order valence-electron chi connectivity index (χ0n) is 9.52. The number of rotatable bonds is 2. The molecule has 2 aliphatic rings. The molecule has 1 fully saturated rings. The Kier molecular flexibility index (Phi) is 3.67. The summed E-state index contributed by atoms with van der Waals surface area (Å²) < 4.78 is 5.42. The summed E-state index contributed by atoms with van der Waals surface area (Å²) in [4.78, 5) is 1.47. The molecule has 5 N–H and O–H groups in total. The quantitative estimate of drug-likeness (QED) is 0.378. The van der Waals surface area contributed by atoms with Gasteiger partial charge < -0.3 is 30.1 Å². The van der Waals surface area contributed by atoms with Crippen LogP contribution in [0.1, 0.15) is 13.3 Å². The summed E-state index contributed by atoms with van der Waals surface area (Å²) in [6.07, 6.45) is -1.99. The summed E-state index contributed by atoms with van der Waals surface area (Å²) in [6.45, 7) is 1.45. The summed E-state index contributed by atoms with van der Waals surface area (Å²) in [5.41, 5.74) is 0.640. The first-order valence-corrected chi connectivity index (χ1v) is 5.55. The normalized spacial score (nSPS) is 42.8. The van der Waals surface area contributed by atoms with Crippen LogP contribution in [-0.2, 0) is 4.74 Å². The van der Waals surface area contributed by atoms with E-state index in [1.165, 1.54) is 4.90 Å². The number of nitrogens with one attached hydrogen (secondary N) is 1. The van der Waals surface area contributed by atoms with Crippen LogP contribution in [0.5, 0.6) is 0 Å². The maximum absolute atomic E-state index is 9.75. The van der Waals surface area contributed by atoms with E-state index in [0.717, 1.165) is 0 Å². The summed E-state index contributed by atoms with van der Waals surface area (Å²) in [7, 11) is 0. The molecule has 0 aromatic carbocycles. The maximum Gasteiger partial charge on any atom is 0.187 e. The highest BCUT2D eigenvalue weighted by Crippen LogP contribution is 2.26. The molecule has 0 spiro atoms. The minimum Gasteiger partial charge on any atom is -0.394 e. The van der Waals surface area contributed by atoms with Gasteiger partial charge in [-0.25, -0.2) is 5.32 Å². The zero-order chi connectivity index (χ0) is 12.6. The molecule has 7 heteroatoms. The van der Waals surface area contributed by atoms with Gasteiger partial charge in [-0.05, 0) is 12.5 Å². The van der Waals surface area contributed by atoms with Gasteiger partial charge in [-0.3, -0.25) is 0 Å². The number of hydrogen-bond acceptors (Lipinski definition) is 7. The third-order valence-corrected chi connectivity index (χ3v) is 3.09. The van der Waals surface area contributed by atoms with Gasteiger partial charge in [-0.1, -0.05) is 0 Å². The molecule has 2 aliphatic heterocycles. The molecule has 5 atom stereocenters. The molecule has 2 rings (SSSR count). The third-order valence-electron chi connectivity index (χ3n) is 3.09. The van der Waals surface area contributed by atoms with Gasteiger partial charge in [0.1, 0.15) is 18.6 Å². The SMILES string of the molecule is CC1=CN(C2CC(O)C(CO)O2)C(O)NC1O. The molecule has 0 aromatic heterocycles. The van der Waals surface area contributed by atoms with Gasteiger partial charge in [0.15, 0.2) is 6.35 Å². The van der Waals surface area contributed by atoms with Gasteiger partial charge >= 0.3 is 0 Å². The Labute approximate surface area is 98.9 Å². The molecule has 1 saturated heterocycles. The Bertz CT molecular complexity index is 311. The fraction of sp³-hybridized carbons (Fsp3) is 0.800. The Morgan fingerprint density at radius 1 is 1.47 bits per heavy atom. The number of aliphatic hydroxyl groups is 4. The van der Waals surface area contributed by atoms with E-state index >= 15 is 0 Å². The van der Waals surface area contributed by atoms with Gasteiger partial charge in [0.05, 0.1) is 12.7 Å². The van der Waals surface area contributed by atoms with Crippen LogP contribution in [0, 0.1) is 0 Å². The van der Waals surface area contributed by atoms with E-state index in [9.17, 15) is 15.3 Å². The van der Waals surface area contributed by atoms with E-state index in [1.807, 2.05) is 0 Å². The van der Waals surface area contributed by atoms with Crippen molar-refractivity contribution >= 4 is 0 Å². The van der Waals surface area contributed by atoms with Crippen molar-refractivity contribution < 1.29 is 25.2 Å². The highest BCUT2D eigenvalue weighted by Gasteiger charge is 2.39. The second kappa shape index (κ2) is 4.89. The summed E-state index contributed by atoms with van der Waals surface area (Å²) >= 11 is 0. The second-order valence-electron chi connectivity index (χ2n) is 4.38. The number of nitrogens with zero attached hydrogens (tertiary/aromatic N) is 1. The second-order valence-corrected chi connectivity index (χ2v) is 4.38. The summed E-state index contributed by atoms with van der Waals surface area (Å²) in [5.74, 6) is 0. The Morgan fingerprint density at radius 3 is 2.76 bits per heavy atom. The van der Waals surface area contributed by atoms with Crippen LogP contribution in [0.25, 0.3) is 0 Å². The molecule has 5 unspecified atom stereocenters. The van der Waals surface area contributed by atoms with Crippen molar-refractivity contribution in [2.45, 2.75) is 44.4 Å². The molecular weight excluding hydrogens is 228 g/mol. The predicted octanol–water partition coefficient (Wildman–Crippen LogP) is -2.14. The van der Waals surface area contributed by atoms with Crippen molar-refractivity contribution in [1.82, 2.24) is 10.2 Å². The van der Waals surface area contributed by atoms with Crippen LogP contribution in [0.2, 0.25) is 0 Å². The van der Waals surface area contributed by atoms with Gasteiger partial charge in [0.25, 0.3) is 0 Å². The standard InChI is InChI=1S/C10H18N2O5/c1-5-3-12(10(16)11-9(5)15)8-2-6(14)7(4-13)17-8/h3,6-11,13-16H,2,4H2,1H3. The lowest BCUT2D eigenvalue weighted by Gasteiger charge is -2.37. The van der Waals surface area contributed by atoms with Crippen LogP contribution >= 0.6 is 0 Å². The van der Waals surface area contributed by atoms with Crippen molar-refractivity contribution in [3.8, 4) is 0 Å². The molecular formula is C10H18N2O5. The fourth-order valence-electron chi connectivity index (χ4n) is 2.04. The molecule has 98 valence electrons. The average molecular weight is 246 g/mol. The van der Waals surface area contributed by atoms with Crippen LogP contribution in [0.4, 0.5) is 0 Å². The lowest BCUT2D eigenvalue weighted by atomic mass is 10.1. The van der Waals surface area contributed by atoms with E-state index in [0.29, 0.717) is 12.0 Å². The lowest BCUT2D eigenvalue weighted by Crippen LogP contribution is -2.55. The van der Waals surface area contributed by atoms with E-state index < -0.39 is 31.0 Å². The van der Waals surface area contributed by atoms with Crippen molar-refractivity contribution in [3.05, 3.63) is 11.8 Å². The highest BCUT2D eigenvalue weighted by atomic mass is 16.5. The van der Waals surface area contributed by atoms with Crippen LogP contribution < -0.4 is 5.32 Å². The first kappa shape index (κ1) is 12.7. The van der Waals surface area contributed by atoms with Crippen molar-refractivity contribution in [3.63, 3.8) is 0 Å². The monoisotopic (exact) mass is 246 g/mol. The minimum atomic E-state index is -1.08. The average Bonchev–Trinajstić information content (AvgIpc) is 2.65. The fourth-order valence-corrected chi connectivity index (χ4v) is 2.04. The smallest absolute Gasteiger partial charge is 0.187 e. The maximum atomic E-state index is 9.75. The van der Waals surface area contributed by atoms with Gasteiger partial charge in [0, 0.05) is 12.6 Å². The molecule has 0 saturated carbocycles. The molecule has 2 heterocycles. The van der Waals surface area contributed by atoms with Crippen LogP contribution in [0.15, 0.2) is 11.8 Å². The molecule has 0 aromatic rings. The van der Waals surface area contributed by atoms with Crippen LogP contribution in [0.3, 0.4) is 0 Å². The molecule has 17 heavy (non-hydrogen) atoms. The van der Waals surface area contributed by atoms with Crippen molar-refractivity contribution in [2.24, 2.45) is 0 Å².